The molecule has 1 aromatic rings. The van der Waals surface area contributed by atoms with E-state index in [-0.39, 0.29) is 23.6 Å². The maximum atomic E-state index is 11.6. The molecule has 0 aromatic carbocycles. The number of pyridine rings is 1. The van der Waals surface area contributed by atoms with Crippen LogP contribution < -0.4 is 10.6 Å². The molecule has 6 heteroatoms. The van der Waals surface area contributed by atoms with Gasteiger partial charge in [0.15, 0.2) is 0 Å². The van der Waals surface area contributed by atoms with E-state index in [0.717, 1.165) is 0 Å². The minimum Gasteiger partial charge on any atom is -0.478 e. The summed E-state index contributed by atoms with van der Waals surface area (Å²) in [5.41, 5.74) is 0.679. The summed E-state index contributed by atoms with van der Waals surface area (Å²) >= 11 is 0. The molecule has 0 radical (unpaired) electrons. The monoisotopic (exact) mass is 279 g/mol. The van der Waals surface area contributed by atoms with Gasteiger partial charge in [0.05, 0.1) is 17.8 Å². The number of hydrogen-bond acceptors (Lipinski definition) is 4. The van der Waals surface area contributed by atoms with Crippen LogP contribution in [0.25, 0.3) is 0 Å². The van der Waals surface area contributed by atoms with E-state index in [1.807, 2.05) is 20.8 Å². The normalized spacial score (nSPS) is 11.2. The van der Waals surface area contributed by atoms with Gasteiger partial charge in [-0.2, -0.15) is 0 Å². The molecule has 0 aliphatic carbocycles. The number of amides is 1. The lowest BCUT2D eigenvalue weighted by molar-refractivity contribution is -0.121. The van der Waals surface area contributed by atoms with Gasteiger partial charge >= 0.3 is 5.97 Å². The number of rotatable bonds is 6. The van der Waals surface area contributed by atoms with Gasteiger partial charge in [0.1, 0.15) is 0 Å². The van der Waals surface area contributed by atoms with Crippen molar-refractivity contribution in [1.82, 2.24) is 15.6 Å². The Labute approximate surface area is 118 Å². The third-order valence-corrected chi connectivity index (χ3v) is 2.54. The standard InChI is InChI=1S/C14H21N3O3/c1-14(2,3)17-7-5-12(18)16-9-11-8-10(13(19)20)4-6-15-11/h4,6,8,17H,5,7,9H2,1-3H3,(H,16,18)(H,19,20). The van der Waals surface area contributed by atoms with E-state index in [4.69, 9.17) is 5.11 Å². The van der Waals surface area contributed by atoms with Crippen LogP contribution in [-0.2, 0) is 11.3 Å². The molecule has 0 unspecified atom stereocenters. The Kier molecular flexibility index (Phi) is 5.64. The summed E-state index contributed by atoms with van der Waals surface area (Å²) in [6, 6.07) is 2.87. The van der Waals surface area contributed by atoms with Crippen LogP contribution in [0, 0.1) is 0 Å². The maximum absolute atomic E-state index is 11.6. The van der Waals surface area contributed by atoms with Crippen molar-refractivity contribution >= 4 is 11.9 Å². The van der Waals surface area contributed by atoms with Crippen molar-refractivity contribution < 1.29 is 14.7 Å². The fourth-order valence-corrected chi connectivity index (χ4v) is 1.54. The van der Waals surface area contributed by atoms with Crippen molar-refractivity contribution in [3.05, 3.63) is 29.6 Å². The van der Waals surface area contributed by atoms with Crippen molar-refractivity contribution in [1.29, 1.82) is 0 Å². The highest BCUT2D eigenvalue weighted by Crippen LogP contribution is 2.02. The SMILES string of the molecule is CC(C)(C)NCCC(=O)NCc1cc(C(=O)O)ccn1. The Morgan fingerprint density at radius 3 is 2.65 bits per heavy atom. The lowest BCUT2D eigenvalue weighted by Gasteiger charge is -2.20. The molecule has 20 heavy (non-hydrogen) atoms. The van der Waals surface area contributed by atoms with Gasteiger partial charge in [-0.15, -0.1) is 0 Å². The van der Waals surface area contributed by atoms with Gasteiger partial charge in [-0.3, -0.25) is 9.78 Å². The number of carboxylic acid groups (broad SMARTS) is 1. The van der Waals surface area contributed by atoms with Crippen molar-refractivity contribution in [2.45, 2.75) is 39.3 Å². The van der Waals surface area contributed by atoms with E-state index in [0.29, 0.717) is 18.7 Å². The molecular weight excluding hydrogens is 258 g/mol. The van der Waals surface area contributed by atoms with Crippen LogP contribution in [0.4, 0.5) is 0 Å². The van der Waals surface area contributed by atoms with Crippen molar-refractivity contribution in [2.75, 3.05) is 6.54 Å². The number of nitrogens with one attached hydrogen (secondary N) is 2. The molecule has 0 aliphatic heterocycles. The molecule has 0 saturated carbocycles. The molecule has 1 aromatic heterocycles. The molecule has 110 valence electrons. The number of aromatic nitrogens is 1. The van der Waals surface area contributed by atoms with E-state index < -0.39 is 5.97 Å². The van der Waals surface area contributed by atoms with Crippen LogP contribution in [-0.4, -0.2) is 34.1 Å². The van der Waals surface area contributed by atoms with Crippen molar-refractivity contribution in [3.63, 3.8) is 0 Å². The Morgan fingerprint density at radius 2 is 2.05 bits per heavy atom. The predicted molar refractivity (Wildman–Crippen MR) is 75.4 cm³/mol. The van der Waals surface area contributed by atoms with Crippen molar-refractivity contribution in [2.24, 2.45) is 0 Å². The molecular formula is C14H21N3O3. The van der Waals surface area contributed by atoms with E-state index in [2.05, 4.69) is 15.6 Å². The van der Waals surface area contributed by atoms with Crippen LogP contribution in [0.2, 0.25) is 0 Å². The maximum Gasteiger partial charge on any atom is 0.335 e. The first-order chi connectivity index (χ1) is 9.28. The number of nitrogens with zero attached hydrogens (tertiary/aromatic N) is 1. The molecule has 0 saturated heterocycles. The molecule has 1 rings (SSSR count). The highest BCUT2D eigenvalue weighted by Gasteiger charge is 2.10. The fourth-order valence-electron chi connectivity index (χ4n) is 1.54. The van der Waals surface area contributed by atoms with Gasteiger partial charge in [0.2, 0.25) is 5.91 Å². The molecule has 1 amide bonds. The molecule has 0 atom stereocenters. The highest BCUT2D eigenvalue weighted by molar-refractivity contribution is 5.87. The average Bonchev–Trinajstić information content (AvgIpc) is 2.35. The zero-order chi connectivity index (χ0) is 15.2. The molecule has 0 aliphatic rings. The van der Waals surface area contributed by atoms with Crippen LogP contribution in [0.5, 0.6) is 0 Å². The highest BCUT2D eigenvalue weighted by atomic mass is 16.4. The second-order valence-corrected chi connectivity index (χ2v) is 5.54. The van der Waals surface area contributed by atoms with Gasteiger partial charge < -0.3 is 15.7 Å². The van der Waals surface area contributed by atoms with E-state index in [1.165, 1.54) is 18.3 Å². The molecule has 3 N–H and O–H groups in total. The number of carboxylic acids is 1. The first-order valence-corrected chi connectivity index (χ1v) is 6.48. The second-order valence-electron chi connectivity index (χ2n) is 5.54. The number of hydrogen-bond donors (Lipinski definition) is 3. The minimum atomic E-state index is -1.01. The molecule has 0 bridgehead atoms. The van der Waals surface area contributed by atoms with Crippen molar-refractivity contribution in [3.8, 4) is 0 Å². The first-order valence-electron chi connectivity index (χ1n) is 6.48. The quantitative estimate of drug-likeness (QED) is 0.727. The third-order valence-electron chi connectivity index (χ3n) is 2.54. The summed E-state index contributed by atoms with van der Waals surface area (Å²) in [7, 11) is 0. The molecule has 0 fully saturated rings. The number of carbonyl (C=O) groups is 2. The zero-order valence-electron chi connectivity index (χ0n) is 12.1. The zero-order valence-corrected chi connectivity index (χ0v) is 12.1. The third kappa shape index (κ3) is 6.29. The Morgan fingerprint density at radius 1 is 1.35 bits per heavy atom. The summed E-state index contributed by atoms with van der Waals surface area (Å²) in [5, 5.41) is 14.8. The van der Waals surface area contributed by atoms with Gasteiger partial charge in [0.25, 0.3) is 0 Å². The topological polar surface area (TPSA) is 91.3 Å². The van der Waals surface area contributed by atoms with Crippen LogP contribution in [0.3, 0.4) is 0 Å². The van der Waals surface area contributed by atoms with Crippen LogP contribution >= 0.6 is 0 Å². The Bertz CT molecular complexity index is 481. The van der Waals surface area contributed by atoms with Gasteiger partial charge in [-0.1, -0.05) is 0 Å². The van der Waals surface area contributed by atoms with Gasteiger partial charge in [0, 0.05) is 24.7 Å². The van der Waals surface area contributed by atoms with Gasteiger partial charge in [-0.25, -0.2) is 4.79 Å². The van der Waals surface area contributed by atoms with Gasteiger partial charge in [-0.05, 0) is 32.9 Å². The summed E-state index contributed by atoms with van der Waals surface area (Å²) < 4.78 is 0. The van der Waals surface area contributed by atoms with Crippen LogP contribution in [0.1, 0.15) is 43.2 Å². The lowest BCUT2D eigenvalue weighted by atomic mass is 10.1. The molecule has 6 nitrogen and oxygen atoms in total. The summed E-state index contributed by atoms with van der Waals surface area (Å²) in [5.74, 6) is -1.10. The molecule has 1 heterocycles. The van der Waals surface area contributed by atoms with E-state index in [9.17, 15) is 9.59 Å². The Balaban J connectivity index is 2.37. The number of aromatic carboxylic acids is 1. The lowest BCUT2D eigenvalue weighted by Crippen LogP contribution is -2.38. The van der Waals surface area contributed by atoms with E-state index in [1.54, 1.807) is 0 Å². The first kappa shape index (κ1) is 16.1. The Hall–Kier alpha value is -1.95. The number of carbonyl (C=O) groups excluding carboxylic acids is 1. The molecule has 0 spiro atoms. The predicted octanol–water partition coefficient (Wildman–Crippen LogP) is 1.17. The van der Waals surface area contributed by atoms with Crippen LogP contribution in [0.15, 0.2) is 18.3 Å². The summed E-state index contributed by atoms with van der Waals surface area (Å²) in [4.78, 5) is 26.4. The summed E-state index contributed by atoms with van der Waals surface area (Å²) in [6.45, 7) is 6.93. The second kappa shape index (κ2) is 7.00. The fraction of sp³-hybridized carbons (Fsp3) is 0.500. The summed E-state index contributed by atoms with van der Waals surface area (Å²) in [6.07, 6.45) is 1.79. The van der Waals surface area contributed by atoms with E-state index >= 15 is 0 Å². The smallest absolute Gasteiger partial charge is 0.335 e. The average molecular weight is 279 g/mol. The minimum absolute atomic E-state index is 0.0162. The largest absolute Gasteiger partial charge is 0.478 e.